The Kier molecular flexibility index (Phi) is 4.79. The maximum Gasteiger partial charge on any atom is 0.251 e. The van der Waals surface area contributed by atoms with Gasteiger partial charge in [0.25, 0.3) is 5.91 Å². The maximum absolute atomic E-state index is 12.0. The van der Waals surface area contributed by atoms with Crippen LogP contribution in [0.2, 0.25) is 0 Å². The lowest BCUT2D eigenvalue weighted by Gasteiger charge is -2.08. The van der Waals surface area contributed by atoms with Gasteiger partial charge in [0.2, 0.25) is 5.88 Å². The van der Waals surface area contributed by atoms with Crippen LogP contribution in [-0.2, 0) is 0 Å². The van der Waals surface area contributed by atoms with E-state index in [0.29, 0.717) is 22.9 Å². The van der Waals surface area contributed by atoms with Crippen molar-refractivity contribution in [3.63, 3.8) is 0 Å². The summed E-state index contributed by atoms with van der Waals surface area (Å²) in [5.74, 6) is 1.08. The summed E-state index contributed by atoms with van der Waals surface area (Å²) in [6.45, 7) is 3.85. The van der Waals surface area contributed by atoms with Crippen molar-refractivity contribution < 1.29 is 14.1 Å². The molecule has 3 rings (SSSR count). The monoisotopic (exact) mass is 337 g/mol. The molecule has 1 N–H and O–H groups in total. The number of hydrogen-bond donors (Lipinski definition) is 1. The number of amides is 1. The summed E-state index contributed by atoms with van der Waals surface area (Å²) in [7, 11) is 1.57. The van der Waals surface area contributed by atoms with Gasteiger partial charge in [-0.3, -0.25) is 4.79 Å². The third-order valence-corrected chi connectivity index (χ3v) is 3.60. The molecule has 25 heavy (non-hydrogen) atoms. The topological polar surface area (TPSA) is 77.2 Å². The Balaban J connectivity index is 1.78. The Labute approximate surface area is 145 Å². The summed E-state index contributed by atoms with van der Waals surface area (Å²) >= 11 is 0. The van der Waals surface area contributed by atoms with Crippen molar-refractivity contribution in [3.8, 4) is 28.5 Å². The summed E-state index contributed by atoms with van der Waals surface area (Å²) in [5.41, 5.74) is 2.98. The van der Waals surface area contributed by atoms with E-state index in [-0.39, 0.29) is 11.9 Å². The van der Waals surface area contributed by atoms with E-state index in [4.69, 9.17) is 9.26 Å². The highest BCUT2D eigenvalue weighted by Crippen LogP contribution is 2.26. The molecule has 2 heterocycles. The number of rotatable bonds is 5. The van der Waals surface area contributed by atoms with Crippen LogP contribution in [0.15, 0.2) is 53.2 Å². The lowest BCUT2D eigenvalue weighted by atomic mass is 10.1. The van der Waals surface area contributed by atoms with Gasteiger partial charge in [-0.05, 0) is 32.0 Å². The highest BCUT2D eigenvalue weighted by molar-refractivity contribution is 5.94. The van der Waals surface area contributed by atoms with Crippen LogP contribution in [0.4, 0.5) is 0 Å². The lowest BCUT2D eigenvalue weighted by molar-refractivity contribution is 0.0943. The molecule has 0 aliphatic heterocycles. The van der Waals surface area contributed by atoms with Crippen molar-refractivity contribution in [1.82, 2.24) is 15.5 Å². The fourth-order valence-corrected chi connectivity index (χ4v) is 2.33. The number of benzene rings is 1. The molecule has 0 radical (unpaired) electrons. The van der Waals surface area contributed by atoms with Crippen molar-refractivity contribution in [3.05, 3.63) is 54.2 Å². The van der Waals surface area contributed by atoms with Crippen LogP contribution in [0.5, 0.6) is 5.88 Å². The molecule has 6 nitrogen and oxygen atoms in total. The lowest BCUT2D eigenvalue weighted by Crippen LogP contribution is -2.29. The molecule has 1 aromatic carbocycles. The molecule has 0 atom stereocenters. The minimum absolute atomic E-state index is 0.0934. The molecule has 0 bridgehead atoms. The van der Waals surface area contributed by atoms with Crippen LogP contribution < -0.4 is 10.1 Å². The van der Waals surface area contributed by atoms with Gasteiger partial charge < -0.3 is 14.6 Å². The zero-order chi connectivity index (χ0) is 17.8. The number of nitrogens with zero attached hydrogens (tertiary/aromatic N) is 2. The van der Waals surface area contributed by atoms with Gasteiger partial charge in [0.05, 0.1) is 7.11 Å². The first-order valence-electron chi connectivity index (χ1n) is 7.95. The average Bonchev–Trinajstić information content (AvgIpc) is 3.11. The molecular weight excluding hydrogens is 318 g/mol. The molecule has 0 saturated heterocycles. The summed E-state index contributed by atoms with van der Waals surface area (Å²) in [6.07, 6.45) is 1.68. The fourth-order valence-electron chi connectivity index (χ4n) is 2.33. The first-order valence-corrected chi connectivity index (χ1v) is 7.95. The maximum atomic E-state index is 12.0. The molecule has 0 spiro atoms. The number of nitrogens with one attached hydrogen (secondary N) is 1. The van der Waals surface area contributed by atoms with Crippen LogP contribution in [0, 0.1) is 0 Å². The fraction of sp³-hybridized carbons (Fsp3) is 0.211. The van der Waals surface area contributed by atoms with Crippen LogP contribution in [0.3, 0.4) is 0 Å². The summed E-state index contributed by atoms with van der Waals surface area (Å²) in [5, 5.41) is 6.94. The van der Waals surface area contributed by atoms with Crippen LogP contribution in [0.25, 0.3) is 22.6 Å². The van der Waals surface area contributed by atoms with E-state index < -0.39 is 0 Å². The zero-order valence-electron chi connectivity index (χ0n) is 14.3. The van der Waals surface area contributed by atoms with E-state index in [1.54, 1.807) is 31.5 Å². The van der Waals surface area contributed by atoms with E-state index in [2.05, 4.69) is 15.5 Å². The third kappa shape index (κ3) is 3.85. The van der Waals surface area contributed by atoms with Gasteiger partial charge in [-0.2, -0.15) is 0 Å². The van der Waals surface area contributed by atoms with Crippen molar-refractivity contribution >= 4 is 5.91 Å². The molecule has 0 aliphatic rings. The minimum Gasteiger partial charge on any atom is -0.481 e. The van der Waals surface area contributed by atoms with Gasteiger partial charge in [0, 0.05) is 41.1 Å². The van der Waals surface area contributed by atoms with Crippen LogP contribution >= 0.6 is 0 Å². The normalized spacial score (nSPS) is 10.7. The SMILES string of the molecule is COc1ccc(-c2cc(-c3ccc(C(=O)NC(C)C)cc3)on2)cn1. The predicted molar refractivity (Wildman–Crippen MR) is 94.3 cm³/mol. The number of pyridine rings is 1. The summed E-state index contributed by atoms with van der Waals surface area (Å²) < 4.78 is 10.5. The minimum atomic E-state index is -0.0934. The summed E-state index contributed by atoms with van der Waals surface area (Å²) in [6, 6.07) is 12.8. The van der Waals surface area contributed by atoms with E-state index in [0.717, 1.165) is 11.1 Å². The Hall–Kier alpha value is -3.15. The van der Waals surface area contributed by atoms with E-state index in [1.807, 2.05) is 38.1 Å². The molecule has 0 unspecified atom stereocenters. The third-order valence-electron chi connectivity index (χ3n) is 3.60. The molecule has 2 aromatic heterocycles. The molecule has 128 valence electrons. The standard InChI is InChI=1S/C19H19N3O3/c1-12(2)21-19(23)14-6-4-13(5-7-14)17-10-16(22-25-17)15-8-9-18(24-3)20-11-15/h4-12H,1-3H3,(H,21,23). The highest BCUT2D eigenvalue weighted by atomic mass is 16.5. The Morgan fingerprint density at radius 3 is 2.44 bits per heavy atom. The van der Waals surface area contributed by atoms with E-state index in [1.165, 1.54) is 0 Å². The number of carbonyl (C=O) groups excluding carboxylic acids is 1. The zero-order valence-corrected chi connectivity index (χ0v) is 14.3. The molecule has 6 heteroatoms. The van der Waals surface area contributed by atoms with Gasteiger partial charge in [0.15, 0.2) is 5.76 Å². The molecule has 0 aliphatic carbocycles. The van der Waals surface area contributed by atoms with Crippen molar-refractivity contribution in [2.24, 2.45) is 0 Å². The van der Waals surface area contributed by atoms with Crippen LogP contribution in [0.1, 0.15) is 24.2 Å². The van der Waals surface area contributed by atoms with E-state index >= 15 is 0 Å². The number of ether oxygens (including phenoxy) is 1. The molecule has 0 saturated carbocycles. The first-order chi connectivity index (χ1) is 12.1. The number of hydrogen-bond acceptors (Lipinski definition) is 5. The molecule has 0 fully saturated rings. The molecular formula is C19H19N3O3. The van der Waals surface area contributed by atoms with E-state index in [9.17, 15) is 4.79 Å². The smallest absolute Gasteiger partial charge is 0.251 e. The Bertz CT molecular complexity index is 852. The largest absolute Gasteiger partial charge is 0.481 e. The number of aromatic nitrogens is 2. The van der Waals surface area contributed by atoms with Gasteiger partial charge in [-0.15, -0.1) is 0 Å². The van der Waals surface area contributed by atoms with Gasteiger partial charge in [-0.25, -0.2) is 4.98 Å². The first kappa shape index (κ1) is 16.7. The highest BCUT2D eigenvalue weighted by Gasteiger charge is 2.11. The molecule has 3 aromatic rings. The van der Waals surface area contributed by atoms with Crippen molar-refractivity contribution in [1.29, 1.82) is 0 Å². The second kappa shape index (κ2) is 7.17. The Morgan fingerprint density at radius 1 is 1.12 bits per heavy atom. The van der Waals surface area contributed by atoms with Gasteiger partial charge in [0.1, 0.15) is 5.69 Å². The second-order valence-electron chi connectivity index (χ2n) is 5.87. The van der Waals surface area contributed by atoms with Crippen LogP contribution in [-0.4, -0.2) is 29.2 Å². The average molecular weight is 337 g/mol. The van der Waals surface area contributed by atoms with Crippen molar-refractivity contribution in [2.75, 3.05) is 7.11 Å². The molecule has 1 amide bonds. The van der Waals surface area contributed by atoms with Gasteiger partial charge >= 0.3 is 0 Å². The quantitative estimate of drug-likeness (QED) is 0.770. The number of carbonyl (C=O) groups is 1. The van der Waals surface area contributed by atoms with Gasteiger partial charge in [-0.1, -0.05) is 17.3 Å². The Morgan fingerprint density at radius 2 is 1.84 bits per heavy atom. The predicted octanol–water partition coefficient (Wildman–Crippen LogP) is 3.55. The number of methoxy groups -OCH3 is 1. The summed E-state index contributed by atoms with van der Waals surface area (Å²) in [4.78, 5) is 16.1. The van der Waals surface area contributed by atoms with Crippen molar-refractivity contribution in [2.45, 2.75) is 19.9 Å². The second-order valence-corrected chi connectivity index (χ2v) is 5.87.